The number of rotatable bonds is 8. The Balaban J connectivity index is 1.83. The van der Waals surface area contributed by atoms with Gasteiger partial charge in [0, 0.05) is 30.1 Å². The molecule has 1 aliphatic rings. The van der Waals surface area contributed by atoms with Crippen LogP contribution in [-0.4, -0.2) is 45.2 Å². The quantitative estimate of drug-likeness (QED) is 0.644. The molecule has 2 aromatic rings. The lowest BCUT2D eigenvalue weighted by Gasteiger charge is -2.18. The summed E-state index contributed by atoms with van der Waals surface area (Å²) in [5.74, 6) is 0.547. The van der Waals surface area contributed by atoms with Gasteiger partial charge in [0.25, 0.3) is 5.91 Å². The molecule has 2 aromatic carbocycles. The van der Waals surface area contributed by atoms with Crippen LogP contribution in [0.4, 0.5) is 0 Å². The number of ether oxygens (including phenoxy) is 1. The molecule has 156 valence electrons. The van der Waals surface area contributed by atoms with Crippen molar-refractivity contribution in [2.45, 2.75) is 36.1 Å². The monoisotopic (exact) mass is 434 g/mol. The van der Waals surface area contributed by atoms with Crippen LogP contribution in [0.1, 0.15) is 35.7 Å². The lowest BCUT2D eigenvalue weighted by Crippen LogP contribution is -2.29. The van der Waals surface area contributed by atoms with E-state index < -0.39 is 10.0 Å². The Morgan fingerprint density at radius 2 is 1.90 bits per heavy atom. The molecule has 8 heteroatoms. The van der Waals surface area contributed by atoms with Crippen molar-refractivity contribution in [2.24, 2.45) is 0 Å². The zero-order chi connectivity index (χ0) is 20.9. The van der Waals surface area contributed by atoms with Gasteiger partial charge in [0.2, 0.25) is 10.0 Å². The molecular formula is C21H26N2O4S2. The zero-order valence-corrected chi connectivity index (χ0v) is 18.3. The van der Waals surface area contributed by atoms with Crippen LogP contribution in [0.5, 0.6) is 5.75 Å². The molecule has 6 nitrogen and oxygen atoms in total. The Morgan fingerprint density at radius 1 is 1.17 bits per heavy atom. The van der Waals surface area contributed by atoms with Crippen LogP contribution in [0.25, 0.3) is 0 Å². The zero-order valence-electron chi connectivity index (χ0n) is 16.7. The summed E-state index contributed by atoms with van der Waals surface area (Å²) in [6.07, 6.45) is 3.85. The number of nitrogens with one attached hydrogen (secondary N) is 1. The van der Waals surface area contributed by atoms with Crippen molar-refractivity contribution in [3.05, 3.63) is 53.6 Å². The fraction of sp³-hybridized carbons (Fsp3) is 0.381. The van der Waals surface area contributed by atoms with Gasteiger partial charge in [-0.3, -0.25) is 4.79 Å². The molecule has 1 N–H and O–H groups in total. The minimum absolute atomic E-state index is 0.0896. The molecule has 0 saturated carbocycles. The predicted molar refractivity (Wildman–Crippen MR) is 115 cm³/mol. The van der Waals surface area contributed by atoms with E-state index in [0.29, 0.717) is 17.9 Å². The van der Waals surface area contributed by atoms with E-state index in [0.717, 1.165) is 36.4 Å². The fourth-order valence-corrected chi connectivity index (χ4v) is 4.92. The number of para-hydroxylation sites is 1. The molecule has 1 saturated heterocycles. The second kappa shape index (κ2) is 9.65. The number of sulfonamides is 1. The summed E-state index contributed by atoms with van der Waals surface area (Å²) in [6.45, 7) is 3.93. The lowest BCUT2D eigenvalue weighted by molar-refractivity contribution is 0.0789. The van der Waals surface area contributed by atoms with Crippen LogP contribution in [-0.2, 0) is 16.6 Å². The van der Waals surface area contributed by atoms with E-state index in [9.17, 15) is 13.2 Å². The average Bonchev–Trinajstić information content (AvgIpc) is 3.27. The maximum Gasteiger partial charge on any atom is 0.255 e. The standard InChI is InChI=1S/C21H26N2O4S2/c1-3-27-19-9-5-4-8-16(19)15-22-29(25,26)17-10-11-20(28-2)18(14-17)21(24)23-12-6-7-13-23/h4-5,8-11,14,22H,3,6-7,12-13,15H2,1-2H3. The van der Waals surface area contributed by atoms with E-state index in [2.05, 4.69) is 4.72 Å². The molecule has 0 bridgehead atoms. The predicted octanol–water partition coefficient (Wildman–Crippen LogP) is 3.52. The number of hydrogen-bond donors (Lipinski definition) is 1. The third-order valence-electron chi connectivity index (χ3n) is 4.83. The number of carbonyl (C=O) groups excluding carboxylic acids is 1. The Bertz CT molecular complexity index is 970. The fourth-order valence-electron chi connectivity index (χ4n) is 3.31. The Kier molecular flexibility index (Phi) is 7.21. The van der Waals surface area contributed by atoms with Gasteiger partial charge < -0.3 is 9.64 Å². The summed E-state index contributed by atoms with van der Waals surface area (Å²) in [4.78, 5) is 15.5. The molecule has 1 amide bonds. The van der Waals surface area contributed by atoms with Crippen LogP contribution in [0.2, 0.25) is 0 Å². The molecule has 1 heterocycles. The third kappa shape index (κ3) is 5.12. The first kappa shape index (κ1) is 21.7. The van der Waals surface area contributed by atoms with Gasteiger partial charge in [0.1, 0.15) is 5.75 Å². The summed E-state index contributed by atoms with van der Waals surface area (Å²) in [6, 6.07) is 12.1. The molecule has 1 fully saturated rings. The van der Waals surface area contributed by atoms with Crippen LogP contribution < -0.4 is 9.46 Å². The topological polar surface area (TPSA) is 75.7 Å². The number of benzene rings is 2. The largest absolute Gasteiger partial charge is 0.494 e. The summed E-state index contributed by atoms with van der Waals surface area (Å²) in [5.41, 5.74) is 1.20. The van der Waals surface area contributed by atoms with Crippen molar-refractivity contribution in [1.82, 2.24) is 9.62 Å². The van der Waals surface area contributed by atoms with E-state index in [1.165, 1.54) is 17.8 Å². The molecule has 0 aromatic heterocycles. The number of carbonyl (C=O) groups is 1. The van der Waals surface area contributed by atoms with E-state index in [1.54, 1.807) is 17.0 Å². The number of likely N-dealkylation sites (tertiary alicyclic amines) is 1. The first-order chi connectivity index (χ1) is 14.0. The molecule has 3 rings (SSSR count). The van der Waals surface area contributed by atoms with Crippen LogP contribution in [0.15, 0.2) is 52.3 Å². The molecule has 29 heavy (non-hydrogen) atoms. The van der Waals surface area contributed by atoms with Gasteiger partial charge in [-0.15, -0.1) is 11.8 Å². The molecule has 0 spiro atoms. The maximum atomic E-state index is 12.9. The highest BCUT2D eigenvalue weighted by molar-refractivity contribution is 7.98. The number of nitrogens with zero attached hydrogens (tertiary/aromatic N) is 1. The van der Waals surface area contributed by atoms with Crippen molar-refractivity contribution in [3.8, 4) is 5.75 Å². The molecular weight excluding hydrogens is 408 g/mol. The van der Waals surface area contributed by atoms with Crippen LogP contribution in [0.3, 0.4) is 0 Å². The lowest BCUT2D eigenvalue weighted by atomic mass is 10.2. The first-order valence-corrected chi connectivity index (χ1v) is 12.3. The second-order valence-corrected chi connectivity index (χ2v) is 9.34. The van der Waals surface area contributed by atoms with Crippen molar-refractivity contribution < 1.29 is 17.9 Å². The third-order valence-corrected chi connectivity index (χ3v) is 7.02. The Morgan fingerprint density at radius 3 is 2.59 bits per heavy atom. The Hall–Kier alpha value is -2.03. The van der Waals surface area contributed by atoms with Gasteiger partial charge in [0.15, 0.2) is 0 Å². The number of hydrogen-bond acceptors (Lipinski definition) is 5. The molecule has 0 aliphatic carbocycles. The summed E-state index contributed by atoms with van der Waals surface area (Å²) in [7, 11) is -3.78. The molecule has 1 aliphatic heterocycles. The second-order valence-electron chi connectivity index (χ2n) is 6.73. The highest BCUT2D eigenvalue weighted by Gasteiger charge is 2.24. The van der Waals surface area contributed by atoms with Gasteiger partial charge in [-0.2, -0.15) is 0 Å². The summed E-state index contributed by atoms with van der Waals surface area (Å²) < 4.78 is 34.0. The average molecular weight is 435 g/mol. The molecule has 0 unspecified atom stereocenters. The number of thioether (sulfide) groups is 1. The van der Waals surface area contributed by atoms with Gasteiger partial charge in [-0.1, -0.05) is 18.2 Å². The SMILES string of the molecule is CCOc1ccccc1CNS(=O)(=O)c1ccc(SC)c(C(=O)N2CCCC2)c1. The van der Waals surface area contributed by atoms with Gasteiger partial charge in [0.05, 0.1) is 17.1 Å². The maximum absolute atomic E-state index is 12.9. The van der Waals surface area contributed by atoms with Crippen molar-refractivity contribution in [1.29, 1.82) is 0 Å². The van der Waals surface area contributed by atoms with E-state index in [4.69, 9.17) is 4.74 Å². The summed E-state index contributed by atoms with van der Waals surface area (Å²) >= 11 is 1.44. The number of amides is 1. The van der Waals surface area contributed by atoms with E-state index in [-0.39, 0.29) is 17.3 Å². The minimum atomic E-state index is -3.78. The normalized spacial score (nSPS) is 14.2. The van der Waals surface area contributed by atoms with E-state index in [1.807, 2.05) is 37.4 Å². The highest BCUT2D eigenvalue weighted by Crippen LogP contribution is 2.27. The van der Waals surface area contributed by atoms with Gasteiger partial charge >= 0.3 is 0 Å². The first-order valence-electron chi connectivity index (χ1n) is 9.64. The van der Waals surface area contributed by atoms with Crippen molar-refractivity contribution in [3.63, 3.8) is 0 Å². The van der Waals surface area contributed by atoms with Crippen molar-refractivity contribution >= 4 is 27.7 Å². The van der Waals surface area contributed by atoms with E-state index >= 15 is 0 Å². The van der Waals surface area contributed by atoms with Gasteiger partial charge in [-0.05, 0) is 50.3 Å². The van der Waals surface area contributed by atoms with Crippen LogP contribution in [0, 0.1) is 0 Å². The minimum Gasteiger partial charge on any atom is -0.494 e. The molecule has 0 radical (unpaired) electrons. The van der Waals surface area contributed by atoms with Crippen LogP contribution >= 0.6 is 11.8 Å². The summed E-state index contributed by atoms with van der Waals surface area (Å²) in [5, 5.41) is 0. The van der Waals surface area contributed by atoms with Crippen molar-refractivity contribution in [2.75, 3.05) is 26.0 Å². The molecule has 0 atom stereocenters. The van der Waals surface area contributed by atoms with Gasteiger partial charge in [-0.25, -0.2) is 13.1 Å². The Labute approximate surface area is 176 Å². The smallest absolute Gasteiger partial charge is 0.255 e. The highest BCUT2D eigenvalue weighted by atomic mass is 32.2.